The molecule has 16 heavy (non-hydrogen) atoms. The SMILES string of the molecule is C=C(/N=C1/C=CN=C(N)/C1=C/C)C(C)(C)C. The first-order chi connectivity index (χ1) is 7.36. The zero-order valence-corrected chi connectivity index (χ0v) is 10.4. The van der Waals surface area contributed by atoms with E-state index in [9.17, 15) is 0 Å². The maximum Gasteiger partial charge on any atom is 0.132 e. The second-order valence-corrected chi connectivity index (χ2v) is 4.73. The van der Waals surface area contributed by atoms with Crippen LogP contribution in [0.3, 0.4) is 0 Å². The van der Waals surface area contributed by atoms with E-state index in [4.69, 9.17) is 5.73 Å². The van der Waals surface area contributed by atoms with E-state index in [0.29, 0.717) is 5.84 Å². The van der Waals surface area contributed by atoms with Gasteiger partial charge in [0.2, 0.25) is 0 Å². The van der Waals surface area contributed by atoms with Gasteiger partial charge in [0.05, 0.1) is 5.71 Å². The van der Waals surface area contributed by atoms with Crippen LogP contribution in [0.25, 0.3) is 0 Å². The molecule has 0 radical (unpaired) electrons. The third-order valence-corrected chi connectivity index (χ3v) is 2.41. The molecule has 1 rings (SSSR count). The Kier molecular flexibility index (Phi) is 3.48. The minimum Gasteiger partial charge on any atom is -0.383 e. The Balaban J connectivity index is 3.07. The molecule has 3 heteroatoms. The number of hydrogen-bond donors (Lipinski definition) is 1. The fourth-order valence-electron chi connectivity index (χ4n) is 1.19. The Morgan fingerprint density at radius 1 is 1.50 bits per heavy atom. The molecule has 0 saturated carbocycles. The smallest absolute Gasteiger partial charge is 0.132 e. The van der Waals surface area contributed by atoms with E-state index >= 15 is 0 Å². The van der Waals surface area contributed by atoms with Crippen molar-refractivity contribution >= 4 is 11.5 Å². The maximum absolute atomic E-state index is 5.78. The largest absolute Gasteiger partial charge is 0.383 e. The lowest BCUT2D eigenvalue weighted by Gasteiger charge is -2.19. The molecule has 0 unspecified atom stereocenters. The highest BCUT2D eigenvalue weighted by Crippen LogP contribution is 2.25. The zero-order valence-electron chi connectivity index (χ0n) is 10.4. The number of nitrogens with zero attached hydrogens (tertiary/aromatic N) is 2. The van der Waals surface area contributed by atoms with Crippen LogP contribution in [-0.4, -0.2) is 11.5 Å². The van der Waals surface area contributed by atoms with Crippen LogP contribution in [-0.2, 0) is 0 Å². The molecule has 1 heterocycles. The van der Waals surface area contributed by atoms with Crippen molar-refractivity contribution in [2.24, 2.45) is 21.1 Å². The molecule has 3 nitrogen and oxygen atoms in total. The van der Waals surface area contributed by atoms with E-state index in [1.807, 2.05) is 19.1 Å². The molecule has 1 aliphatic heterocycles. The van der Waals surface area contributed by atoms with E-state index in [1.165, 1.54) is 0 Å². The van der Waals surface area contributed by atoms with Gasteiger partial charge in [0.25, 0.3) is 0 Å². The lowest BCUT2D eigenvalue weighted by Crippen LogP contribution is -2.23. The van der Waals surface area contributed by atoms with Gasteiger partial charge in [0.1, 0.15) is 5.84 Å². The molecule has 86 valence electrons. The molecule has 0 spiro atoms. The first kappa shape index (κ1) is 12.4. The summed E-state index contributed by atoms with van der Waals surface area (Å²) in [6.07, 6.45) is 5.43. The molecule has 0 amide bonds. The zero-order chi connectivity index (χ0) is 12.3. The average Bonchev–Trinajstić information content (AvgIpc) is 2.16. The highest BCUT2D eigenvalue weighted by molar-refractivity contribution is 6.28. The summed E-state index contributed by atoms with van der Waals surface area (Å²) in [6, 6.07) is 0. The van der Waals surface area contributed by atoms with Crippen molar-refractivity contribution in [3.8, 4) is 0 Å². The summed E-state index contributed by atoms with van der Waals surface area (Å²) >= 11 is 0. The van der Waals surface area contributed by atoms with Crippen LogP contribution in [0.5, 0.6) is 0 Å². The van der Waals surface area contributed by atoms with Crippen molar-refractivity contribution in [1.29, 1.82) is 0 Å². The van der Waals surface area contributed by atoms with Crippen molar-refractivity contribution in [3.05, 3.63) is 36.2 Å². The summed E-state index contributed by atoms with van der Waals surface area (Å²) < 4.78 is 0. The standard InChI is InChI=1S/C13H19N3/c1-6-10-11(7-8-15-12(10)14)16-9(2)13(3,4)5/h6-8H,2H2,1,3-5H3,(H2,14,15)/b10-6+,16-11-. The number of nitrogens with two attached hydrogens (primary N) is 1. The van der Waals surface area contributed by atoms with Gasteiger partial charge in [-0.05, 0) is 13.0 Å². The fourth-order valence-corrected chi connectivity index (χ4v) is 1.19. The minimum absolute atomic E-state index is 0.0386. The summed E-state index contributed by atoms with van der Waals surface area (Å²) in [5.41, 5.74) is 8.28. The van der Waals surface area contributed by atoms with Crippen LogP contribution in [0.1, 0.15) is 27.7 Å². The van der Waals surface area contributed by atoms with Crippen LogP contribution in [0.15, 0.2) is 46.2 Å². The number of allylic oxidation sites excluding steroid dienone is 3. The summed E-state index contributed by atoms with van der Waals surface area (Å²) in [7, 11) is 0. The van der Waals surface area contributed by atoms with Crippen LogP contribution in [0, 0.1) is 5.41 Å². The molecular formula is C13H19N3. The Hall–Kier alpha value is -1.64. The monoisotopic (exact) mass is 217 g/mol. The summed E-state index contributed by atoms with van der Waals surface area (Å²) in [4.78, 5) is 8.55. The second-order valence-electron chi connectivity index (χ2n) is 4.73. The predicted octanol–water partition coefficient (Wildman–Crippen LogP) is 2.82. The van der Waals surface area contributed by atoms with E-state index in [2.05, 4.69) is 37.3 Å². The lowest BCUT2D eigenvalue weighted by atomic mass is 9.93. The van der Waals surface area contributed by atoms with Crippen LogP contribution >= 0.6 is 0 Å². The van der Waals surface area contributed by atoms with Gasteiger partial charge < -0.3 is 5.73 Å². The molecule has 1 aliphatic rings. The van der Waals surface area contributed by atoms with Gasteiger partial charge in [-0.2, -0.15) is 0 Å². The van der Waals surface area contributed by atoms with E-state index < -0.39 is 0 Å². The molecular weight excluding hydrogens is 198 g/mol. The third kappa shape index (κ3) is 2.69. The van der Waals surface area contributed by atoms with Crippen molar-refractivity contribution < 1.29 is 0 Å². The second kappa shape index (κ2) is 4.47. The quantitative estimate of drug-likeness (QED) is 0.721. The molecule has 2 N–H and O–H groups in total. The first-order valence-electron chi connectivity index (χ1n) is 5.31. The van der Waals surface area contributed by atoms with E-state index in [0.717, 1.165) is 17.0 Å². The average molecular weight is 217 g/mol. The normalized spacial score (nSPS) is 21.4. The van der Waals surface area contributed by atoms with Crippen molar-refractivity contribution in [2.75, 3.05) is 0 Å². The number of aliphatic imine (C=N–C) groups is 2. The lowest BCUT2D eigenvalue weighted by molar-refractivity contribution is 0.501. The van der Waals surface area contributed by atoms with Gasteiger partial charge in [0, 0.05) is 22.9 Å². The Labute approximate surface area is 97.2 Å². The molecule has 0 fully saturated rings. The first-order valence-corrected chi connectivity index (χ1v) is 5.31. The summed E-state index contributed by atoms with van der Waals surface area (Å²) in [6.45, 7) is 12.2. The van der Waals surface area contributed by atoms with Crippen molar-refractivity contribution in [2.45, 2.75) is 27.7 Å². The molecule has 0 aromatic rings. The number of rotatable bonds is 1. The van der Waals surface area contributed by atoms with Gasteiger partial charge >= 0.3 is 0 Å². The van der Waals surface area contributed by atoms with Gasteiger partial charge in [0.15, 0.2) is 0 Å². The molecule has 0 aliphatic carbocycles. The summed E-state index contributed by atoms with van der Waals surface area (Å²) in [5.74, 6) is 0.505. The number of amidine groups is 1. The summed E-state index contributed by atoms with van der Waals surface area (Å²) in [5, 5.41) is 0. The third-order valence-electron chi connectivity index (χ3n) is 2.41. The van der Waals surface area contributed by atoms with Crippen LogP contribution < -0.4 is 5.73 Å². The molecule has 0 saturated heterocycles. The highest BCUT2D eigenvalue weighted by atomic mass is 14.9. The van der Waals surface area contributed by atoms with Gasteiger partial charge in [-0.25, -0.2) is 4.99 Å². The Morgan fingerprint density at radius 2 is 2.12 bits per heavy atom. The number of hydrogen-bond acceptors (Lipinski definition) is 3. The van der Waals surface area contributed by atoms with E-state index in [1.54, 1.807) is 6.20 Å². The minimum atomic E-state index is -0.0386. The molecule has 0 atom stereocenters. The molecule has 0 aromatic heterocycles. The van der Waals surface area contributed by atoms with Gasteiger partial charge in [-0.15, -0.1) is 0 Å². The fraction of sp³-hybridized carbons (Fsp3) is 0.385. The topological polar surface area (TPSA) is 50.7 Å². The van der Waals surface area contributed by atoms with E-state index in [-0.39, 0.29) is 5.41 Å². The maximum atomic E-state index is 5.78. The van der Waals surface area contributed by atoms with Gasteiger partial charge in [-0.3, -0.25) is 4.99 Å². The Bertz CT molecular complexity index is 415. The van der Waals surface area contributed by atoms with Crippen LogP contribution in [0.2, 0.25) is 0 Å². The van der Waals surface area contributed by atoms with Crippen LogP contribution in [0.4, 0.5) is 0 Å². The molecule has 0 bridgehead atoms. The highest BCUT2D eigenvalue weighted by Gasteiger charge is 2.17. The Morgan fingerprint density at radius 3 is 2.62 bits per heavy atom. The predicted molar refractivity (Wildman–Crippen MR) is 70.5 cm³/mol. The molecule has 0 aromatic carbocycles. The van der Waals surface area contributed by atoms with Crippen molar-refractivity contribution in [3.63, 3.8) is 0 Å². The van der Waals surface area contributed by atoms with Crippen molar-refractivity contribution in [1.82, 2.24) is 0 Å². The van der Waals surface area contributed by atoms with Gasteiger partial charge in [-0.1, -0.05) is 33.4 Å².